The van der Waals surface area contributed by atoms with Gasteiger partial charge in [0.15, 0.2) is 5.78 Å². The highest BCUT2D eigenvalue weighted by Gasteiger charge is 1.92. The van der Waals surface area contributed by atoms with Crippen LogP contribution in [-0.4, -0.2) is 10.9 Å². The number of rotatable bonds is 4. The molecule has 0 aliphatic rings. The zero-order chi connectivity index (χ0) is 14.4. The van der Waals surface area contributed by atoms with Crippen molar-refractivity contribution in [2.75, 3.05) is 0 Å². The fourth-order valence-electron chi connectivity index (χ4n) is 1.57. The number of benzene rings is 2. The molecule has 20 heavy (non-hydrogen) atoms. The van der Waals surface area contributed by atoms with E-state index in [1.165, 1.54) is 12.2 Å². The predicted molar refractivity (Wildman–Crippen MR) is 85.3 cm³/mol. The van der Waals surface area contributed by atoms with Gasteiger partial charge in [-0.05, 0) is 47.5 Å². The Labute approximate surface area is 126 Å². The lowest BCUT2D eigenvalue weighted by Crippen LogP contribution is -1.84. The van der Waals surface area contributed by atoms with Gasteiger partial charge in [-0.1, -0.05) is 52.3 Å². The molecule has 100 valence electrons. The molecule has 0 aliphatic heterocycles. The molecule has 0 amide bonds. The van der Waals surface area contributed by atoms with Crippen molar-refractivity contribution in [2.45, 2.75) is 0 Å². The Hall–Kier alpha value is -2.13. The Morgan fingerprint density at radius 3 is 1.80 bits per heavy atom. The molecule has 0 saturated heterocycles. The van der Waals surface area contributed by atoms with E-state index >= 15 is 0 Å². The van der Waals surface area contributed by atoms with Crippen molar-refractivity contribution in [3.63, 3.8) is 0 Å². The first kappa shape index (κ1) is 14.3. The van der Waals surface area contributed by atoms with Crippen LogP contribution in [0.1, 0.15) is 11.1 Å². The molecular weight excluding hydrogens is 316 g/mol. The minimum atomic E-state index is -0.0824. The van der Waals surface area contributed by atoms with Gasteiger partial charge in [0, 0.05) is 4.47 Å². The average Bonchev–Trinajstić information content (AvgIpc) is 2.46. The van der Waals surface area contributed by atoms with Crippen molar-refractivity contribution in [1.29, 1.82) is 0 Å². The summed E-state index contributed by atoms with van der Waals surface area (Å²) in [6.45, 7) is 0. The van der Waals surface area contributed by atoms with Crippen molar-refractivity contribution in [3.05, 3.63) is 76.3 Å². The number of carbonyl (C=O) groups is 1. The highest BCUT2D eigenvalue weighted by Crippen LogP contribution is 2.12. The summed E-state index contributed by atoms with van der Waals surface area (Å²) in [7, 11) is 0. The number of phenols is 1. The number of ketones is 1. The highest BCUT2D eigenvalue weighted by atomic mass is 79.9. The molecule has 2 aromatic rings. The summed E-state index contributed by atoms with van der Waals surface area (Å²) in [5.74, 6) is 0.129. The molecule has 2 rings (SSSR count). The average molecular weight is 329 g/mol. The number of carbonyl (C=O) groups excluding carboxylic acids is 1. The SMILES string of the molecule is O=C(C=Cc1ccc(O)cc1)C=Cc1ccc(Br)cc1. The molecule has 0 fully saturated rings. The monoisotopic (exact) mass is 328 g/mol. The molecule has 2 nitrogen and oxygen atoms in total. The van der Waals surface area contributed by atoms with Crippen LogP contribution in [-0.2, 0) is 4.79 Å². The number of hydrogen-bond donors (Lipinski definition) is 1. The number of aromatic hydroxyl groups is 1. The van der Waals surface area contributed by atoms with Crippen molar-refractivity contribution in [3.8, 4) is 5.75 Å². The fraction of sp³-hybridized carbons (Fsp3) is 0. The quantitative estimate of drug-likeness (QED) is 0.842. The molecular formula is C17H13BrO2. The maximum Gasteiger partial charge on any atom is 0.178 e. The lowest BCUT2D eigenvalue weighted by molar-refractivity contribution is -0.110. The van der Waals surface area contributed by atoms with Crippen LogP contribution >= 0.6 is 15.9 Å². The second-order valence-corrected chi connectivity index (χ2v) is 5.13. The van der Waals surface area contributed by atoms with Crippen LogP contribution in [0.25, 0.3) is 12.2 Å². The summed E-state index contributed by atoms with van der Waals surface area (Å²) in [6, 6.07) is 14.4. The molecule has 0 saturated carbocycles. The summed E-state index contributed by atoms with van der Waals surface area (Å²) < 4.78 is 1.01. The molecule has 0 atom stereocenters. The summed E-state index contributed by atoms with van der Waals surface area (Å²) in [5, 5.41) is 9.16. The maximum atomic E-state index is 11.7. The molecule has 0 aliphatic carbocycles. The van der Waals surface area contributed by atoms with Crippen LogP contribution in [0.3, 0.4) is 0 Å². The van der Waals surface area contributed by atoms with Gasteiger partial charge in [-0.2, -0.15) is 0 Å². The molecule has 1 N–H and O–H groups in total. The number of allylic oxidation sites excluding steroid dienone is 2. The van der Waals surface area contributed by atoms with Gasteiger partial charge in [0.25, 0.3) is 0 Å². The van der Waals surface area contributed by atoms with E-state index in [9.17, 15) is 4.79 Å². The first-order chi connectivity index (χ1) is 9.63. The summed E-state index contributed by atoms with van der Waals surface area (Å²) in [5.41, 5.74) is 1.84. The summed E-state index contributed by atoms with van der Waals surface area (Å²) >= 11 is 3.36. The van der Waals surface area contributed by atoms with Crippen molar-refractivity contribution < 1.29 is 9.90 Å². The van der Waals surface area contributed by atoms with Crippen LogP contribution in [0.2, 0.25) is 0 Å². The second kappa shape index (κ2) is 6.87. The first-order valence-corrected chi connectivity index (χ1v) is 6.87. The third-order valence-electron chi connectivity index (χ3n) is 2.64. The van der Waals surface area contributed by atoms with E-state index in [0.717, 1.165) is 15.6 Å². The van der Waals surface area contributed by atoms with Gasteiger partial charge in [0.2, 0.25) is 0 Å². The van der Waals surface area contributed by atoms with Gasteiger partial charge in [-0.15, -0.1) is 0 Å². The highest BCUT2D eigenvalue weighted by molar-refractivity contribution is 9.10. The Balaban J connectivity index is 1.98. The minimum Gasteiger partial charge on any atom is -0.508 e. The van der Waals surface area contributed by atoms with Crippen LogP contribution < -0.4 is 0 Å². The second-order valence-electron chi connectivity index (χ2n) is 4.21. The first-order valence-electron chi connectivity index (χ1n) is 6.08. The van der Waals surface area contributed by atoms with Crippen LogP contribution in [0.4, 0.5) is 0 Å². The molecule has 3 heteroatoms. The van der Waals surface area contributed by atoms with E-state index in [4.69, 9.17) is 5.11 Å². The van der Waals surface area contributed by atoms with Gasteiger partial charge in [0.1, 0.15) is 5.75 Å². The Morgan fingerprint density at radius 1 is 0.850 bits per heavy atom. The third-order valence-corrected chi connectivity index (χ3v) is 3.17. The topological polar surface area (TPSA) is 37.3 Å². The fourth-order valence-corrected chi connectivity index (χ4v) is 1.84. The predicted octanol–water partition coefficient (Wildman–Crippen LogP) is 4.45. The standard InChI is InChI=1S/C17H13BrO2/c18-15-7-1-13(2-8-15)3-9-16(19)10-4-14-5-11-17(20)12-6-14/h1-12,20H. The van der Waals surface area contributed by atoms with E-state index in [0.29, 0.717) is 0 Å². The van der Waals surface area contributed by atoms with Gasteiger partial charge in [-0.25, -0.2) is 0 Å². The van der Waals surface area contributed by atoms with E-state index in [1.807, 2.05) is 24.3 Å². The number of hydrogen-bond acceptors (Lipinski definition) is 2. The molecule has 0 aromatic heterocycles. The smallest absolute Gasteiger partial charge is 0.178 e. The van der Waals surface area contributed by atoms with Crippen LogP contribution in [0.5, 0.6) is 5.75 Å². The van der Waals surface area contributed by atoms with E-state index in [1.54, 1.807) is 36.4 Å². The molecule has 0 bridgehead atoms. The van der Waals surface area contributed by atoms with Gasteiger partial charge >= 0.3 is 0 Å². The number of phenolic OH excluding ortho intramolecular Hbond substituents is 1. The zero-order valence-corrected chi connectivity index (χ0v) is 12.2. The minimum absolute atomic E-state index is 0.0824. The largest absolute Gasteiger partial charge is 0.508 e. The van der Waals surface area contributed by atoms with E-state index in [-0.39, 0.29) is 11.5 Å². The Bertz CT molecular complexity index is 580. The Kier molecular flexibility index (Phi) is 4.91. The van der Waals surface area contributed by atoms with E-state index < -0.39 is 0 Å². The zero-order valence-electron chi connectivity index (χ0n) is 10.7. The van der Waals surface area contributed by atoms with Gasteiger partial charge in [0.05, 0.1) is 0 Å². The van der Waals surface area contributed by atoms with Gasteiger partial charge < -0.3 is 5.11 Å². The van der Waals surface area contributed by atoms with Crippen LogP contribution in [0, 0.1) is 0 Å². The summed E-state index contributed by atoms with van der Waals surface area (Å²) in [4.78, 5) is 11.7. The van der Waals surface area contributed by atoms with E-state index in [2.05, 4.69) is 15.9 Å². The molecule has 2 aromatic carbocycles. The van der Waals surface area contributed by atoms with Crippen molar-refractivity contribution in [1.82, 2.24) is 0 Å². The lowest BCUT2D eigenvalue weighted by Gasteiger charge is -1.94. The Morgan fingerprint density at radius 2 is 1.30 bits per heavy atom. The lowest BCUT2D eigenvalue weighted by atomic mass is 10.1. The molecule has 0 radical (unpaired) electrons. The van der Waals surface area contributed by atoms with Crippen molar-refractivity contribution >= 4 is 33.9 Å². The number of halogens is 1. The molecule has 0 spiro atoms. The van der Waals surface area contributed by atoms with Gasteiger partial charge in [-0.3, -0.25) is 4.79 Å². The maximum absolute atomic E-state index is 11.7. The molecule has 0 unspecified atom stereocenters. The van der Waals surface area contributed by atoms with Crippen molar-refractivity contribution in [2.24, 2.45) is 0 Å². The molecule has 0 heterocycles. The normalized spacial score (nSPS) is 11.2. The van der Waals surface area contributed by atoms with Crippen LogP contribution in [0.15, 0.2) is 65.2 Å². The summed E-state index contributed by atoms with van der Waals surface area (Å²) in [6.07, 6.45) is 6.52. The third kappa shape index (κ3) is 4.52.